The predicted molar refractivity (Wildman–Crippen MR) is 209 cm³/mol. The molecule has 50 heavy (non-hydrogen) atoms. The van der Waals surface area contributed by atoms with E-state index < -0.39 is 0 Å². The fourth-order valence-electron chi connectivity index (χ4n) is 7.65. The lowest BCUT2D eigenvalue weighted by Crippen LogP contribution is -2.00. The minimum Gasteiger partial charge on any atom is -0.208 e. The predicted octanol–water partition coefficient (Wildman–Crippen LogP) is 12.3. The Hall–Kier alpha value is -6.71. The Morgan fingerprint density at radius 1 is 0.240 bits per heavy atom. The fourth-order valence-corrected chi connectivity index (χ4v) is 7.65. The summed E-state index contributed by atoms with van der Waals surface area (Å²) in [5.74, 6) is 1.96. The topological polar surface area (TPSA) is 38.7 Å². The summed E-state index contributed by atoms with van der Waals surface area (Å²) in [7, 11) is 0. The lowest BCUT2D eigenvalue weighted by molar-refractivity contribution is 1.08. The van der Waals surface area contributed by atoms with E-state index in [-0.39, 0.29) is 0 Å². The van der Waals surface area contributed by atoms with Crippen LogP contribution in [0.2, 0.25) is 0 Å². The van der Waals surface area contributed by atoms with Crippen LogP contribution in [0.3, 0.4) is 0 Å². The van der Waals surface area contributed by atoms with Crippen molar-refractivity contribution < 1.29 is 0 Å². The number of nitrogens with zero attached hydrogens (tertiary/aromatic N) is 3. The van der Waals surface area contributed by atoms with E-state index in [4.69, 9.17) is 15.0 Å². The highest BCUT2D eigenvalue weighted by molar-refractivity contribution is 6.33. The highest BCUT2D eigenvalue weighted by atomic mass is 15.0. The second-order valence-corrected chi connectivity index (χ2v) is 12.7. The van der Waals surface area contributed by atoms with Crippen LogP contribution in [0.5, 0.6) is 0 Å². The van der Waals surface area contributed by atoms with Gasteiger partial charge in [0.05, 0.1) is 0 Å². The zero-order valence-electron chi connectivity index (χ0n) is 27.1. The lowest BCUT2D eigenvalue weighted by atomic mass is 9.86. The van der Waals surface area contributed by atoms with Crippen LogP contribution in [0.15, 0.2) is 176 Å². The van der Waals surface area contributed by atoms with Crippen LogP contribution in [0, 0.1) is 0 Å². The van der Waals surface area contributed by atoms with Crippen molar-refractivity contribution in [1.29, 1.82) is 0 Å². The summed E-state index contributed by atoms with van der Waals surface area (Å²) in [4.78, 5) is 15.1. The summed E-state index contributed by atoms with van der Waals surface area (Å²) in [6.07, 6.45) is 0. The number of hydrogen-bond acceptors (Lipinski definition) is 3. The number of fused-ring (bicyclic) bond motifs is 9. The van der Waals surface area contributed by atoms with Crippen LogP contribution in [0.25, 0.3) is 99.2 Å². The van der Waals surface area contributed by atoms with E-state index in [2.05, 4.69) is 115 Å². The van der Waals surface area contributed by atoms with Gasteiger partial charge in [-0.05, 0) is 77.1 Å². The molecule has 0 saturated heterocycles. The molecule has 0 aliphatic rings. The molecule has 0 N–H and O–H groups in total. The Morgan fingerprint density at radius 3 is 1.16 bits per heavy atom. The van der Waals surface area contributed by atoms with Gasteiger partial charge in [0.1, 0.15) is 0 Å². The van der Waals surface area contributed by atoms with Crippen molar-refractivity contribution in [3.8, 4) is 45.3 Å². The largest absolute Gasteiger partial charge is 0.208 e. The van der Waals surface area contributed by atoms with E-state index >= 15 is 0 Å². The zero-order chi connectivity index (χ0) is 33.0. The van der Waals surface area contributed by atoms with Crippen molar-refractivity contribution in [2.45, 2.75) is 0 Å². The number of hydrogen-bond donors (Lipinski definition) is 0. The van der Waals surface area contributed by atoms with Crippen molar-refractivity contribution in [1.82, 2.24) is 15.0 Å². The third-order valence-electron chi connectivity index (χ3n) is 9.90. The smallest absolute Gasteiger partial charge is 0.164 e. The average Bonchev–Trinajstić information content (AvgIpc) is 3.20. The van der Waals surface area contributed by atoms with Crippen LogP contribution >= 0.6 is 0 Å². The lowest BCUT2D eigenvalue weighted by Gasteiger charge is -2.18. The second-order valence-electron chi connectivity index (χ2n) is 12.7. The van der Waals surface area contributed by atoms with E-state index in [0.717, 1.165) is 27.5 Å². The van der Waals surface area contributed by atoms with E-state index in [1.165, 1.54) is 54.2 Å². The molecule has 0 amide bonds. The van der Waals surface area contributed by atoms with Gasteiger partial charge in [-0.1, -0.05) is 164 Å². The molecule has 10 rings (SSSR count). The molecular weight excluding hydrogens is 607 g/mol. The number of aromatic nitrogens is 3. The molecule has 0 aliphatic heterocycles. The fraction of sp³-hybridized carbons (Fsp3) is 0. The van der Waals surface area contributed by atoms with Gasteiger partial charge in [0.25, 0.3) is 0 Å². The molecule has 0 radical (unpaired) electrons. The standard InChI is InChI=1S/C47H29N3/c1-3-15-30(16-4-1)45-48-46(31-17-5-2-6-18-31)50-47(49-45)41-28-27-38(33-20-7-9-22-35(33)41)42-29-43-36-23-10-8-19-32(36)34-21-11-13-25-39(34)44(43)40-26-14-12-24-37(40)42/h1-29H. The summed E-state index contributed by atoms with van der Waals surface area (Å²) in [6, 6.07) is 62.3. The molecule has 0 bridgehead atoms. The molecule has 1 heterocycles. The molecule has 0 unspecified atom stereocenters. The summed E-state index contributed by atoms with van der Waals surface area (Å²) < 4.78 is 0. The maximum atomic E-state index is 5.08. The van der Waals surface area contributed by atoms with Crippen LogP contribution in [-0.4, -0.2) is 15.0 Å². The molecule has 0 fully saturated rings. The van der Waals surface area contributed by atoms with E-state index in [1.807, 2.05) is 60.7 Å². The van der Waals surface area contributed by atoms with Crippen LogP contribution in [0.1, 0.15) is 0 Å². The molecule has 3 nitrogen and oxygen atoms in total. The molecule has 0 atom stereocenters. The Morgan fingerprint density at radius 2 is 0.600 bits per heavy atom. The summed E-state index contributed by atoms with van der Waals surface area (Å²) in [5, 5.41) is 12.4. The summed E-state index contributed by atoms with van der Waals surface area (Å²) in [5.41, 5.74) is 5.28. The molecule has 0 saturated carbocycles. The van der Waals surface area contributed by atoms with Crippen molar-refractivity contribution in [2.24, 2.45) is 0 Å². The minimum atomic E-state index is 0.654. The van der Waals surface area contributed by atoms with Crippen LogP contribution < -0.4 is 0 Å². The summed E-state index contributed by atoms with van der Waals surface area (Å²) >= 11 is 0. The van der Waals surface area contributed by atoms with Gasteiger partial charge in [0.15, 0.2) is 17.5 Å². The first-order valence-electron chi connectivity index (χ1n) is 17.0. The van der Waals surface area contributed by atoms with Crippen molar-refractivity contribution in [3.05, 3.63) is 176 Å². The molecule has 9 aromatic carbocycles. The average molecular weight is 636 g/mol. The van der Waals surface area contributed by atoms with Crippen molar-refractivity contribution in [2.75, 3.05) is 0 Å². The van der Waals surface area contributed by atoms with Crippen LogP contribution in [-0.2, 0) is 0 Å². The Bertz CT molecular complexity index is 2860. The zero-order valence-corrected chi connectivity index (χ0v) is 27.1. The molecule has 0 aliphatic carbocycles. The molecule has 232 valence electrons. The van der Waals surface area contributed by atoms with Gasteiger partial charge in [0.2, 0.25) is 0 Å². The normalized spacial score (nSPS) is 11.6. The molecule has 3 heteroatoms. The molecule has 10 aromatic rings. The SMILES string of the molecule is c1ccc(-c2nc(-c3ccccc3)nc(-c3ccc(-c4cc5c6ccccc6c6ccccc6c5c5ccccc45)c4ccccc34)n2)cc1. The van der Waals surface area contributed by atoms with Crippen LogP contribution in [0.4, 0.5) is 0 Å². The van der Waals surface area contributed by atoms with E-state index in [0.29, 0.717) is 17.5 Å². The monoisotopic (exact) mass is 635 g/mol. The second kappa shape index (κ2) is 11.5. The maximum Gasteiger partial charge on any atom is 0.164 e. The maximum absolute atomic E-state index is 5.08. The van der Waals surface area contributed by atoms with Gasteiger partial charge in [0, 0.05) is 16.7 Å². The number of benzene rings is 9. The third-order valence-corrected chi connectivity index (χ3v) is 9.90. The Labute approximate surface area is 289 Å². The molecule has 0 spiro atoms. The van der Waals surface area contributed by atoms with Gasteiger partial charge >= 0.3 is 0 Å². The van der Waals surface area contributed by atoms with Gasteiger partial charge in [-0.15, -0.1) is 0 Å². The highest BCUT2D eigenvalue weighted by Crippen LogP contribution is 2.45. The van der Waals surface area contributed by atoms with Gasteiger partial charge < -0.3 is 0 Å². The number of rotatable bonds is 4. The molecule has 1 aromatic heterocycles. The first kappa shape index (κ1) is 28.3. The Balaban J connectivity index is 1.26. The van der Waals surface area contributed by atoms with E-state index in [1.54, 1.807) is 0 Å². The highest BCUT2D eigenvalue weighted by Gasteiger charge is 2.19. The first-order chi connectivity index (χ1) is 24.8. The van der Waals surface area contributed by atoms with Crippen molar-refractivity contribution >= 4 is 53.9 Å². The minimum absolute atomic E-state index is 0.654. The Kier molecular flexibility index (Phi) is 6.49. The summed E-state index contributed by atoms with van der Waals surface area (Å²) in [6.45, 7) is 0. The van der Waals surface area contributed by atoms with Gasteiger partial charge in [-0.25, -0.2) is 15.0 Å². The third kappa shape index (κ3) is 4.48. The first-order valence-corrected chi connectivity index (χ1v) is 17.0. The van der Waals surface area contributed by atoms with Gasteiger partial charge in [-0.2, -0.15) is 0 Å². The van der Waals surface area contributed by atoms with Crippen molar-refractivity contribution in [3.63, 3.8) is 0 Å². The quantitative estimate of drug-likeness (QED) is 0.181. The molecular formula is C47H29N3. The van der Waals surface area contributed by atoms with Gasteiger partial charge in [-0.3, -0.25) is 0 Å². The van der Waals surface area contributed by atoms with E-state index in [9.17, 15) is 0 Å².